The third kappa shape index (κ3) is 1.85. The second kappa shape index (κ2) is 3.82. The Morgan fingerprint density at radius 2 is 2.08 bits per heavy atom. The van der Waals surface area contributed by atoms with Gasteiger partial charge in [-0.25, -0.2) is 0 Å². The monoisotopic (exact) mass is 175 g/mol. The van der Waals surface area contributed by atoms with Crippen molar-refractivity contribution < 1.29 is 0 Å². The maximum Gasteiger partial charge on any atom is 0.0119 e. The molecule has 70 valence electrons. The predicted octanol–water partition coefficient (Wildman–Crippen LogP) is 2.91. The highest BCUT2D eigenvalue weighted by atomic mass is 14.6. The average Bonchev–Trinajstić information content (AvgIpc) is 2.20. The molecule has 2 N–H and O–H groups in total. The Morgan fingerprint density at radius 3 is 2.77 bits per heavy atom. The van der Waals surface area contributed by atoms with Crippen molar-refractivity contribution in [2.75, 3.05) is 0 Å². The first-order valence-electron chi connectivity index (χ1n) is 5.18. The lowest BCUT2D eigenvalue weighted by Gasteiger charge is -2.23. The Labute approximate surface area is 80.0 Å². The lowest BCUT2D eigenvalue weighted by atomic mass is 9.84. The van der Waals surface area contributed by atoms with E-state index in [-0.39, 0.29) is 0 Å². The van der Waals surface area contributed by atoms with Gasteiger partial charge in [-0.15, -0.1) is 0 Å². The van der Waals surface area contributed by atoms with E-state index in [9.17, 15) is 0 Å². The normalized spacial score (nSPS) is 28.2. The molecule has 0 bridgehead atoms. The smallest absolute Gasteiger partial charge is 0.0119 e. The van der Waals surface area contributed by atoms with Gasteiger partial charge in [0.1, 0.15) is 0 Å². The zero-order chi connectivity index (χ0) is 9.10. The van der Waals surface area contributed by atoms with Gasteiger partial charge in [0.2, 0.25) is 0 Å². The molecule has 0 saturated heterocycles. The Kier molecular flexibility index (Phi) is 2.53. The first-order valence-corrected chi connectivity index (χ1v) is 5.18. The van der Waals surface area contributed by atoms with E-state index in [0.29, 0.717) is 5.92 Å². The Morgan fingerprint density at radius 1 is 1.15 bits per heavy atom. The molecule has 0 saturated carbocycles. The van der Waals surface area contributed by atoms with Crippen LogP contribution in [-0.4, -0.2) is 0 Å². The molecule has 0 amide bonds. The fourth-order valence-corrected chi connectivity index (χ4v) is 2.17. The summed E-state index contributed by atoms with van der Waals surface area (Å²) in [6.07, 6.45) is 14.9. The van der Waals surface area contributed by atoms with Gasteiger partial charge in [0.25, 0.3) is 0 Å². The number of hydrogen-bond donors (Lipinski definition) is 1. The molecule has 0 unspecified atom stereocenters. The lowest BCUT2D eigenvalue weighted by Crippen LogP contribution is -2.13. The largest absolute Gasteiger partial charge is 0.402 e. The predicted molar refractivity (Wildman–Crippen MR) is 56.1 cm³/mol. The quantitative estimate of drug-likeness (QED) is 0.609. The number of rotatable bonds is 1. The molecule has 0 heterocycles. The van der Waals surface area contributed by atoms with Crippen LogP contribution in [0.3, 0.4) is 0 Å². The van der Waals surface area contributed by atoms with E-state index in [4.69, 9.17) is 5.73 Å². The van der Waals surface area contributed by atoms with Crippen LogP contribution < -0.4 is 5.73 Å². The SMILES string of the molecule is NC1=C([C@H]2CC=CCC2)C=CCC1. The summed E-state index contributed by atoms with van der Waals surface area (Å²) in [6.45, 7) is 0. The molecule has 0 aromatic heterocycles. The fourth-order valence-electron chi connectivity index (χ4n) is 2.17. The van der Waals surface area contributed by atoms with Crippen molar-refractivity contribution >= 4 is 0 Å². The second-order valence-corrected chi connectivity index (χ2v) is 3.90. The second-order valence-electron chi connectivity index (χ2n) is 3.90. The van der Waals surface area contributed by atoms with Gasteiger partial charge in [0, 0.05) is 5.70 Å². The molecule has 0 aromatic carbocycles. The van der Waals surface area contributed by atoms with Crippen molar-refractivity contribution in [2.45, 2.75) is 32.1 Å². The molecule has 1 nitrogen and oxygen atoms in total. The summed E-state index contributed by atoms with van der Waals surface area (Å²) in [5, 5.41) is 0. The summed E-state index contributed by atoms with van der Waals surface area (Å²) >= 11 is 0. The van der Waals surface area contributed by atoms with Gasteiger partial charge in [0.15, 0.2) is 0 Å². The number of nitrogens with two attached hydrogens (primary N) is 1. The summed E-state index contributed by atoms with van der Waals surface area (Å²) in [5.41, 5.74) is 8.55. The lowest BCUT2D eigenvalue weighted by molar-refractivity contribution is 0.553. The average molecular weight is 175 g/mol. The highest BCUT2D eigenvalue weighted by Crippen LogP contribution is 2.30. The maximum atomic E-state index is 6.01. The zero-order valence-corrected chi connectivity index (χ0v) is 8.00. The molecule has 0 radical (unpaired) electrons. The number of allylic oxidation sites excluding steroid dienone is 6. The summed E-state index contributed by atoms with van der Waals surface area (Å²) in [6, 6.07) is 0. The van der Waals surface area contributed by atoms with Crippen LogP contribution in [0.4, 0.5) is 0 Å². The fraction of sp³-hybridized carbons (Fsp3) is 0.500. The highest BCUT2D eigenvalue weighted by molar-refractivity contribution is 5.31. The Hall–Kier alpha value is -0.980. The molecule has 2 aliphatic rings. The van der Waals surface area contributed by atoms with Crippen molar-refractivity contribution in [1.29, 1.82) is 0 Å². The Bertz CT molecular complexity index is 271. The molecule has 13 heavy (non-hydrogen) atoms. The molecule has 1 heteroatoms. The van der Waals surface area contributed by atoms with Crippen molar-refractivity contribution in [1.82, 2.24) is 0 Å². The van der Waals surface area contributed by atoms with Crippen LogP contribution >= 0.6 is 0 Å². The van der Waals surface area contributed by atoms with Crippen LogP contribution in [0.1, 0.15) is 32.1 Å². The summed E-state index contributed by atoms with van der Waals surface area (Å²) in [7, 11) is 0. The summed E-state index contributed by atoms with van der Waals surface area (Å²) in [4.78, 5) is 0. The highest BCUT2D eigenvalue weighted by Gasteiger charge is 2.17. The zero-order valence-electron chi connectivity index (χ0n) is 8.00. The standard InChI is InChI=1S/C12H17N/c13-12-9-5-4-8-11(12)10-6-2-1-3-7-10/h1-2,4,8,10H,3,5-7,9,13H2/t10-/m0/s1. The van der Waals surface area contributed by atoms with Crippen LogP contribution in [0.5, 0.6) is 0 Å². The van der Waals surface area contributed by atoms with Gasteiger partial charge in [-0.2, -0.15) is 0 Å². The van der Waals surface area contributed by atoms with E-state index in [1.807, 2.05) is 0 Å². The minimum atomic E-state index is 0.696. The van der Waals surface area contributed by atoms with E-state index < -0.39 is 0 Å². The summed E-state index contributed by atoms with van der Waals surface area (Å²) < 4.78 is 0. The number of hydrogen-bond acceptors (Lipinski definition) is 1. The minimum absolute atomic E-state index is 0.696. The molecule has 1 atom stereocenters. The molecule has 0 spiro atoms. The van der Waals surface area contributed by atoms with E-state index >= 15 is 0 Å². The molecule has 2 aliphatic carbocycles. The molecule has 0 aliphatic heterocycles. The van der Waals surface area contributed by atoms with E-state index in [1.165, 1.54) is 24.8 Å². The van der Waals surface area contributed by atoms with Crippen LogP contribution in [0.15, 0.2) is 35.6 Å². The van der Waals surface area contributed by atoms with Crippen LogP contribution in [0.25, 0.3) is 0 Å². The van der Waals surface area contributed by atoms with Crippen LogP contribution in [0, 0.1) is 5.92 Å². The Balaban J connectivity index is 2.14. The third-order valence-electron chi connectivity index (χ3n) is 2.96. The first-order chi connectivity index (χ1) is 6.38. The van der Waals surface area contributed by atoms with Crippen molar-refractivity contribution in [3.8, 4) is 0 Å². The molecule has 0 aromatic rings. The van der Waals surface area contributed by atoms with Crippen LogP contribution in [0.2, 0.25) is 0 Å². The van der Waals surface area contributed by atoms with Gasteiger partial charge in [-0.3, -0.25) is 0 Å². The van der Waals surface area contributed by atoms with Crippen molar-refractivity contribution in [3.05, 3.63) is 35.6 Å². The van der Waals surface area contributed by atoms with Crippen molar-refractivity contribution in [2.24, 2.45) is 11.7 Å². The first kappa shape index (κ1) is 8.61. The minimum Gasteiger partial charge on any atom is -0.402 e. The van der Waals surface area contributed by atoms with Crippen molar-refractivity contribution in [3.63, 3.8) is 0 Å². The van der Waals surface area contributed by atoms with Gasteiger partial charge in [0.05, 0.1) is 0 Å². The van der Waals surface area contributed by atoms with Gasteiger partial charge in [-0.1, -0.05) is 24.3 Å². The van der Waals surface area contributed by atoms with E-state index in [0.717, 1.165) is 18.5 Å². The van der Waals surface area contributed by atoms with Crippen LogP contribution in [-0.2, 0) is 0 Å². The molecule has 0 fully saturated rings. The molecular formula is C12H17N. The summed E-state index contributed by atoms with van der Waals surface area (Å²) in [5.74, 6) is 0.696. The topological polar surface area (TPSA) is 26.0 Å². The van der Waals surface area contributed by atoms with Gasteiger partial charge < -0.3 is 5.73 Å². The molecule has 2 rings (SSSR count). The third-order valence-corrected chi connectivity index (χ3v) is 2.96. The molecular weight excluding hydrogens is 158 g/mol. The van der Waals surface area contributed by atoms with E-state index in [2.05, 4.69) is 24.3 Å². The van der Waals surface area contributed by atoms with Gasteiger partial charge >= 0.3 is 0 Å². The van der Waals surface area contributed by atoms with E-state index in [1.54, 1.807) is 0 Å². The maximum absolute atomic E-state index is 6.01. The van der Waals surface area contributed by atoms with Gasteiger partial charge in [-0.05, 0) is 43.6 Å².